The molecule has 3 N–H and O–H groups in total. The maximum atomic E-state index is 12.6. The van der Waals surface area contributed by atoms with E-state index in [-0.39, 0.29) is 18.4 Å². The Labute approximate surface area is 134 Å². The number of carboxylic acids is 1. The van der Waals surface area contributed by atoms with Crippen LogP contribution in [0.4, 0.5) is 0 Å². The van der Waals surface area contributed by atoms with E-state index in [2.05, 4.69) is 0 Å². The molecule has 1 aliphatic rings. The van der Waals surface area contributed by atoms with Crippen LogP contribution in [0.2, 0.25) is 0 Å². The van der Waals surface area contributed by atoms with E-state index in [1.54, 1.807) is 24.3 Å². The third-order valence-corrected chi connectivity index (χ3v) is 3.93. The number of rotatable bonds is 5. The predicted octanol–water partition coefficient (Wildman–Crippen LogP) is 0.876. The predicted molar refractivity (Wildman–Crippen MR) is 82.0 cm³/mol. The van der Waals surface area contributed by atoms with Crippen LogP contribution in [-0.2, 0) is 9.59 Å². The smallest absolute Gasteiger partial charge is 0.326 e. The lowest BCUT2D eigenvalue weighted by Crippen LogP contribution is -2.51. The van der Waals surface area contributed by atoms with Gasteiger partial charge in [-0.2, -0.15) is 0 Å². The van der Waals surface area contributed by atoms with Crippen molar-refractivity contribution in [2.75, 3.05) is 13.2 Å². The van der Waals surface area contributed by atoms with Gasteiger partial charge >= 0.3 is 5.97 Å². The van der Waals surface area contributed by atoms with Gasteiger partial charge in [0.25, 0.3) is 11.8 Å². The average Bonchev–Trinajstić information content (AvgIpc) is 2.52. The first kappa shape index (κ1) is 16.8. The number of nitrogens with zero attached hydrogens (tertiary/aromatic N) is 1. The number of amides is 2. The summed E-state index contributed by atoms with van der Waals surface area (Å²) in [5.41, 5.74) is 5.38. The maximum absolute atomic E-state index is 12.6. The van der Waals surface area contributed by atoms with Crippen molar-refractivity contribution in [3.05, 3.63) is 29.8 Å². The maximum Gasteiger partial charge on any atom is 0.326 e. The van der Waals surface area contributed by atoms with Gasteiger partial charge in [-0.3, -0.25) is 9.59 Å². The molecule has 2 amide bonds. The lowest BCUT2D eigenvalue weighted by Gasteiger charge is -2.37. The highest BCUT2D eigenvalue weighted by Crippen LogP contribution is 2.25. The van der Waals surface area contributed by atoms with Crippen LogP contribution in [0, 0.1) is 5.92 Å². The Bertz CT molecular complexity index is 599. The molecule has 2 atom stereocenters. The van der Waals surface area contributed by atoms with E-state index in [1.165, 1.54) is 4.90 Å². The Hall–Kier alpha value is -2.57. The molecule has 7 nitrogen and oxygen atoms in total. The molecule has 2 unspecified atom stereocenters. The van der Waals surface area contributed by atoms with Gasteiger partial charge < -0.3 is 20.5 Å². The number of primary amides is 1. The van der Waals surface area contributed by atoms with Crippen molar-refractivity contribution >= 4 is 17.8 Å². The molecule has 1 aromatic carbocycles. The van der Waals surface area contributed by atoms with Gasteiger partial charge in [0.2, 0.25) is 0 Å². The second-order valence-corrected chi connectivity index (χ2v) is 5.68. The zero-order valence-electron chi connectivity index (χ0n) is 12.9. The fraction of sp³-hybridized carbons (Fsp3) is 0.438. The number of aliphatic carboxylic acids is 1. The Morgan fingerprint density at radius 2 is 1.96 bits per heavy atom. The molecule has 0 saturated carbocycles. The van der Waals surface area contributed by atoms with Crippen LogP contribution in [0.5, 0.6) is 5.75 Å². The summed E-state index contributed by atoms with van der Waals surface area (Å²) in [6.07, 6.45) is 1.58. The van der Waals surface area contributed by atoms with Gasteiger partial charge in [0.15, 0.2) is 6.61 Å². The molecule has 2 rings (SSSR count). The molecule has 0 radical (unpaired) electrons. The highest BCUT2D eigenvalue weighted by Gasteiger charge is 2.37. The highest BCUT2D eigenvalue weighted by atomic mass is 16.5. The molecule has 0 aromatic heterocycles. The molecule has 1 heterocycles. The number of carbonyl (C=O) groups excluding carboxylic acids is 2. The van der Waals surface area contributed by atoms with E-state index in [1.807, 2.05) is 6.92 Å². The molecule has 23 heavy (non-hydrogen) atoms. The topological polar surface area (TPSA) is 110 Å². The van der Waals surface area contributed by atoms with Gasteiger partial charge in [-0.15, -0.1) is 0 Å². The van der Waals surface area contributed by atoms with Crippen molar-refractivity contribution in [2.45, 2.75) is 25.8 Å². The summed E-state index contributed by atoms with van der Waals surface area (Å²) < 4.78 is 5.13. The monoisotopic (exact) mass is 320 g/mol. The van der Waals surface area contributed by atoms with E-state index in [9.17, 15) is 19.5 Å². The lowest BCUT2D eigenvalue weighted by molar-refractivity contribution is -0.145. The number of nitrogens with two attached hydrogens (primary N) is 1. The van der Waals surface area contributed by atoms with Crippen LogP contribution < -0.4 is 10.5 Å². The van der Waals surface area contributed by atoms with E-state index >= 15 is 0 Å². The van der Waals surface area contributed by atoms with Crippen LogP contribution in [0.15, 0.2) is 24.3 Å². The molecule has 1 aliphatic heterocycles. The van der Waals surface area contributed by atoms with Gasteiger partial charge in [-0.25, -0.2) is 4.79 Å². The van der Waals surface area contributed by atoms with Crippen LogP contribution in [0.1, 0.15) is 30.1 Å². The van der Waals surface area contributed by atoms with Crippen molar-refractivity contribution in [1.29, 1.82) is 0 Å². The summed E-state index contributed by atoms with van der Waals surface area (Å²) in [5.74, 6) is -1.54. The fourth-order valence-electron chi connectivity index (χ4n) is 2.81. The molecular formula is C16H20N2O5. The van der Waals surface area contributed by atoms with Crippen LogP contribution in [0.25, 0.3) is 0 Å². The third kappa shape index (κ3) is 4.00. The van der Waals surface area contributed by atoms with Crippen molar-refractivity contribution in [3.8, 4) is 5.75 Å². The molecular weight excluding hydrogens is 300 g/mol. The Morgan fingerprint density at radius 1 is 1.30 bits per heavy atom. The quantitative estimate of drug-likeness (QED) is 0.836. The first-order chi connectivity index (χ1) is 10.9. The van der Waals surface area contributed by atoms with Crippen LogP contribution in [0.3, 0.4) is 0 Å². The van der Waals surface area contributed by atoms with Crippen molar-refractivity contribution < 1.29 is 24.2 Å². The zero-order chi connectivity index (χ0) is 17.0. The summed E-state index contributed by atoms with van der Waals surface area (Å²) in [6, 6.07) is 5.41. The summed E-state index contributed by atoms with van der Waals surface area (Å²) in [7, 11) is 0. The Balaban J connectivity index is 2.12. The number of carbonyl (C=O) groups is 3. The second kappa shape index (κ2) is 7.13. The minimum absolute atomic E-state index is 0.0802. The molecule has 1 saturated heterocycles. The van der Waals surface area contributed by atoms with E-state index in [0.717, 1.165) is 12.8 Å². The number of ether oxygens (including phenoxy) is 1. The third-order valence-electron chi connectivity index (χ3n) is 3.93. The fourth-order valence-corrected chi connectivity index (χ4v) is 2.81. The van der Waals surface area contributed by atoms with Crippen molar-refractivity contribution in [2.24, 2.45) is 11.7 Å². The van der Waals surface area contributed by atoms with Gasteiger partial charge in [-0.05, 0) is 43.0 Å². The largest absolute Gasteiger partial charge is 0.484 e. The number of piperidine rings is 1. The number of likely N-dealkylation sites (tertiary alicyclic amines) is 1. The number of hydrogen-bond acceptors (Lipinski definition) is 4. The average molecular weight is 320 g/mol. The van der Waals surface area contributed by atoms with Gasteiger partial charge in [0, 0.05) is 12.1 Å². The second-order valence-electron chi connectivity index (χ2n) is 5.68. The van der Waals surface area contributed by atoms with Gasteiger partial charge in [0.05, 0.1) is 0 Å². The van der Waals surface area contributed by atoms with Gasteiger partial charge in [-0.1, -0.05) is 6.92 Å². The summed E-state index contributed by atoms with van der Waals surface area (Å²) in [6.45, 7) is 2.04. The first-order valence-electron chi connectivity index (χ1n) is 7.45. The minimum Gasteiger partial charge on any atom is -0.484 e. The molecule has 0 aliphatic carbocycles. The van der Waals surface area contributed by atoms with E-state index in [0.29, 0.717) is 17.9 Å². The Kier molecular flexibility index (Phi) is 5.20. The number of benzene rings is 1. The molecule has 1 aromatic rings. The molecule has 7 heteroatoms. The first-order valence-corrected chi connectivity index (χ1v) is 7.45. The number of carboxylic acid groups (broad SMARTS) is 1. The van der Waals surface area contributed by atoms with E-state index in [4.69, 9.17) is 10.5 Å². The minimum atomic E-state index is -0.980. The normalized spacial score (nSPS) is 20.8. The molecule has 1 fully saturated rings. The summed E-state index contributed by atoms with van der Waals surface area (Å²) in [5, 5.41) is 9.38. The summed E-state index contributed by atoms with van der Waals surface area (Å²) in [4.78, 5) is 36.1. The molecule has 0 spiro atoms. The van der Waals surface area contributed by atoms with Crippen molar-refractivity contribution in [3.63, 3.8) is 0 Å². The zero-order valence-corrected chi connectivity index (χ0v) is 12.9. The van der Waals surface area contributed by atoms with Crippen LogP contribution >= 0.6 is 0 Å². The van der Waals surface area contributed by atoms with Gasteiger partial charge in [0.1, 0.15) is 11.8 Å². The van der Waals surface area contributed by atoms with Crippen molar-refractivity contribution in [1.82, 2.24) is 4.90 Å². The van der Waals surface area contributed by atoms with Crippen LogP contribution in [-0.4, -0.2) is 47.0 Å². The molecule has 0 bridgehead atoms. The molecule has 124 valence electrons. The van der Waals surface area contributed by atoms with E-state index < -0.39 is 17.9 Å². The Morgan fingerprint density at radius 3 is 2.52 bits per heavy atom. The standard InChI is InChI=1S/C16H20N2O5/c1-10-3-2-8-18(14(10)16(21)22)15(20)11-4-6-12(7-5-11)23-9-13(17)19/h4-7,10,14H,2-3,8-9H2,1H3,(H2,17,19)(H,21,22). The SMILES string of the molecule is CC1CCCN(C(=O)c2ccc(OCC(N)=O)cc2)C1C(=O)O. The highest BCUT2D eigenvalue weighted by molar-refractivity contribution is 5.97. The number of hydrogen-bond donors (Lipinski definition) is 2. The lowest BCUT2D eigenvalue weighted by atomic mass is 9.90. The summed E-state index contributed by atoms with van der Waals surface area (Å²) >= 11 is 0.